The molecule has 176 valence electrons. The zero-order valence-corrected chi connectivity index (χ0v) is 19.8. The molecule has 0 aliphatic carbocycles. The number of ether oxygens (including phenoxy) is 2. The number of hydrogen-bond acceptors (Lipinski definition) is 7. The van der Waals surface area contributed by atoms with Crippen molar-refractivity contribution < 1.29 is 19.1 Å². The second kappa shape index (κ2) is 10.1. The molecule has 0 fully saturated rings. The van der Waals surface area contributed by atoms with Gasteiger partial charge in [-0.15, -0.1) is 0 Å². The Hall–Kier alpha value is -3.01. The van der Waals surface area contributed by atoms with Crippen molar-refractivity contribution in [2.45, 2.75) is 59.1 Å². The smallest absolute Gasteiger partial charge is 0.332 e. The van der Waals surface area contributed by atoms with E-state index < -0.39 is 34.8 Å². The van der Waals surface area contributed by atoms with E-state index >= 15 is 0 Å². The molecular weight excluding hydrogens is 416 g/mol. The van der Waals surface area contributed by atoms with Gasteiger partial charge in [-0.05, 0) is 39.7 Å². The molecule has 0 saturated heterocycles. The minimum absolute atomic E-state index is 0.168. The van der Waals surface area contributed by atoms with Crippen molar-refractivity contribution in [1.82, 2.24) is 19.4 Å². The Labute approximate surface area is 186 Å². The molecule has 0 spiro atoms. The maximum atomic E-state index is 13.1. The molecule has 1 N–H and O–H groups in total. The molecule has 0 aromatic carbocycles. The van der Waals surface area contributed by atoms with E-state index in [9.17, 15) is 19.2 Å². The van der Waals surface area contributed by atoms with Crippen LogP contribution >= 0.6 is 0 Å². The summed E-state index contributed by atoms with van der Waals surface area (Å²) in [7, 11) is 2.89. The van der Waals surface area contributed by atoms with Crippen LogP contribution in [0, 0.1) is 0 Å². The molecular formula is C22H32N4O6. The van der Waals surface area contributed by atoms with Gasteiger partial charge in [-0.2, -0.15) is 0 Å². The van der Waals surface area contributed by atoms with Gasteiger partial charge >= 0.3 is 11.7 Å². The van der Waals surface area contributed by atoms with Gasteiger partial charge in [0.2, 0.25) is 0 Å². The van der Waals surface area contributed by atoms with Crippen LogP contribution in [0.4, 0.5) is 0 Å². The molecule has 1 atom stereocenters. The highest BCUT2D eigenvalue weighted by molar-refractivity contribution is 6.01. The Kier molecular flexibility index (Phi) is 7.95. The number of esters is 1. The molecule has 0 aliphatic rings. The second-order valence-corrected chi connectivity index (χ2v) is 8.44. The summed E-state index contributed by atoms with van der Waals surface area (Å²) < 4.78 is 13.0. The van der Waals surface area contributed by atoms with E-state index in [4.69, 9.17) is 9.47 Å². The zero-order valence-electron chi connectivity index (χ0n) is 19.8. The molecule has 0 bridgehead atoms. The van der Waals surface area contributed by atoms with E-state index in [0.717, 1.165) is 4.57 Å². The van der Waals surface area contributed by atoms with Gasteiger partial charge in [0.05, 0.1) is 23.2 Å². The highest BCUT2D eigenvalue weighted by Crippen LogP contribution is 2.18. The van der Waals surface area contributed by atoms with E-state index in [1.807, 2.05) is 20.8 Å². The quantitative estimate of drug-likeness (QED) is 0.599. The lowest BCUT2D eigenvalue weighted by Crippen LogP contribution is -2.43. The fraction of sp³-hybridized carbons (Fsp3) is 0.591. The summed E-state index contributed by atoms with van der Waals surface area (Å²) in [6.45, 7) is 9.59. The minimum Gasteiger partial charge on any atom is -0.464 e. The molecule has 2 heterocycles. The van der Waals surface area contributed by atoms with Gasteiger partial charge in [-0.25, -0.2) is 14.6 Å². The van der Waals surface area contributed by atoms with Crippen molar-refractivity contribution in [3.8, 4) is 0 Å². The normalized spacial score (nSPS) is 12.6. The van der Waals surface area contributed by atoms with Crippen LogP contribution in [-0.2, 0) is 34.8 Å². The standard InChI is InChI=1S/C22H32N4O6/c1-8-13-14(12-23-17-16(13)19(28)26(7)21(30)25(17)6)18(27)24-15(20(29)31-9-2)10-11-32-22(3,4)5/h12,15H,8-11H2,1-7H3,(H,24,27)/t15-/m0/s1. The van der Waals surface area contributed by atoms with Crippen LogP contribution < -0.4 is 16.6 Å². The van der Waals surface area contributed by atoms with E-state index in [-0.39, 0.29) is 36.2 Å². The monoisotopic (exact) mass is 448 g/mol. The number of amides is 1. The number of fused-ring (bicyclic) bond motifs is 1. The second-order valence-electron chi connectivity index (χ2n) is 8.44. The number of carbonyl (C=O) groups excluding carboxylic acids is 2. The third-order valence-electron chi connectivity index (χ3n) is 4.99. The summed E-state index contributed by atoms with van der Waals surface area (Å²) in [5.41, 5.74) is -0.596. The van der Waals surface area contributed by atoms with E-state index in [0.29, 0.717) is 12.0 Å². The lowest BCUT2D eigenvalue weighted by Gasteiger charge is -2.23. The first-order chi connectivity index (χ1) is 14.9. The molecule has 2 aromatic heterocycles. The van der Waals surface area contributed by atoms with Gasteiger partial charge < -0.3 is 14.8 Å². The Balaban J connectivity index is 2.45. The van der Waals surface area contributed by atoms with E-state index in [2.05, 4.69) is 10.3 Å². The maximum absolute atomic E-state index is 13.1. The van der Waals surface area contributed by atoms with Crippen molar-refractivity contribution in [2.24, 2.45) is 14.1 Å². The molecule has 10 nitrogen and oxygen atoms in total. The summed E-state index contributed by atoms with van der Waals surface area (Å²) in [5, 5.41) is 2.90. The Bertz CT molecular complexity index is 1130. The van der Waals surface area contributed by atoms with Gasteiger partial charge in [0, 0.05) is 33.3 Å². The van der Waals surface area contributed by atoms with Crippen LogP contribution in [0.25, 0.3) is 11.0 Å². The summed E-state index contributed by atoms with van der Waals surface area (Å²) in [4.78, 5) is 54.7. The topological polar surface area (TPSA) is 122 Å². The lowest BCUT2D eigenvalue weighted by molar-refractivity contribution is -0.146. The number of nitrogens with one attached hydrogen (secondary N) is 1. The van der Waals surface area contributed by atoms with E-state index in [1.54, 1.807) is 13.8 Å². The first kappa shape index (κ1) is 25.3. The molecule has 0 saturated carbocycles. The van der Waals surface area contributed by atoms with Crippen molar-refractivity contribution in [2.75, 3.05) is 13.2 Å². The van der Waals surface area contributed by atoms with Crippen LogP contribution in [0.15, 0.2) is 15.8 Å². The van der Waals surface area contributed by atoms with Crippen LogP contribution in [0.3, 0.4) is 0 Å². The van der Waals surface area contributed by atoms with Gasteiger partial charge in [-0.3, -0.25) is 18.7 Å². The minimum atomic E-state index is -0.923. The number of hydrogen-bond donors (Lipinski definition) is 1. The SMILES string of the molecule is CCOC(=O)[C@H](CCOC(C)(C)C)NC(=O)c1cnc2c(c1CC)c(=O)n(C)c(=O)n2C. The lowest BCUT2D eigenvalue weighted by atomic mass is 10.0. The predicted molar refractivity (Wildman–Crippen MR) is 120 cm³/mol. The Morgan fingerprint density at radius 3 is 2.38 bits per heavy atom. The fourth-order valence-electron chi connectivity index (χ4n) is 3.36. The van der Waals surface area contributed by atoms with Crippen LogP contribution in [-0.4, -0.2) is 50.9 Å². The van der Waals surface area contributed by atoms with Gasteiger partial charge in [-0.1, -0.05) is 6.92 Å². The van der Waals surface area contributed by atoms with Crippen molar-refractivity contribution >= 4 is 22.9 Å². The summed E-state index contributed by atoms with van der Waals surface area (Å²) >= 11 is 0. The Morgan fingerprint density at radius 1 is 1.16 bits per heavy atom. The first-order valence-corrected chi connectivity index (χ1v) is 10.6. The predicted octanol–water partition coefficient (Wildman–Crippen LogP) is 1.06. The molecule has 0 radical (unpaired) electrons. The fourth-order valence-corrected chi connectivity index (χ4v) is 3.36. The largest absolute Gasteiger partial charge is 0.464 e. The van der Waals surface area contributed by atoms with Gasteiger partial charge in [0.25, 0.3) is 11.5 Å². The highest BCUT2D eigenvalue weighted by atomic mass is 16.5. The molecule has 0 aliphatic heterocycles. The van der Waals surface area contributed by atoms with Crippen LogP contribution in [0.2, 0.25) is 0 Å². The van der Waals surface area contributed by atoms with Crippen molar-refractivity contribution in [3.05, 3.63) is 38.2 Å². The third kappa shape index (κ3) is 5.42. The van der Waals surface area contributed by atoms with Crippen LogP contribution in [0.5, 0.6) is 0 Å². The number of carbonyl (C=O) groups is 2. The average molecular weight is 449 g/mol. The number of aromatic nitrogens is 3. The molecule has 10 heteroatoms. The number of nitrogens with zero attached hydrogens (tertiary/aromatic N) is 3. The molecule has 32 heavy (non-hydrogen) atoms. The maximum Gasteiger partial charge on any atom is 0.332 e. The average Bonchev–Trinajstić information content (AvgIpc) is 2.73. The molecule has 0 unspecified atom stereocenters. The van der Waals surface area contributed by atoms with Gasteiger partial charge in [0.1, 0.15) is 11.7 Å². The summed E-state index contributed by atoms with van der Waals surface area (Å²) in [6, 6.07) is -0.923. The van der Waals surface area contributed by atoms with Crippen molar-refractivity contribution in [3.63, 3.8) is 0 Å². The third-order valence-corrected chi connectivity index (χ3v) is 4.99. The Morgan fingerprint density at radius 2 is 1.81 bits per heavy atom. The van der Waals surface area contributed by atoms with Crippen molar-refractivity contribution in [1.29, 1.82) is 0 Å². The number of rotatable bonds is 8. The molecule has 2 aromatic rings. The van der Waals surface area contributed by atoms with E-state index in [1.165, 1.54) is 24.9 Å². The van der Waals surface area contributed by atoms with Crippen LogP contribution in [0.1, 0.15) is 57.0 Å². The number of aryl methyl sites for hydroxylation is 2. The molecule has 1 amide bonds. The first-order valence-electron chi connectivity index (χ1n) is 10.6. The highest BCUT2D eigenvalue weighted by Gasteiger charge is 2.26. The summed E-state index contributed by atoms with van der Waals surface area (Å²) in [6.07, 6.45) is 1.90. The zero-order chi connectivity index (χ0) is 24.2. The van der Waals surface area contributed by atoms with Gasteiger partial charge in [0.15, 0.2) is 0 Å². The summed E-state index contributed by atoms with van der Waals surface area (Å²) in [5.74, 6) is -1.12. The number of pyridine rings is 1. The molecule has 2 rings (SSSR count).